The summed E-state index contributed by atoms with van der Waals surface area (Å²) in [5.74, 6) is 0. The molecule has 1 fully saturated rings. The minimum atomic E-state index is 0.938. The summed E-state index contributed by atoms with van der Waals surface area (Å²) >= 11 is 0. The van der Waals surface area contributed by atoms with Crippen LogP contribution in [0, 0.1) is 0 Å². The number of hydrogen-bond acceptors (Lipinski definition) is 3. The molecule has 0 unspecified atom stereocenters. The molecule has 2 aromatic rings. The Morgan fingerprint density at radius 3 is 1.71 bits per heavy atom. The van der Waals surface area contributed by atoms with Crippen molar-refractivity contribution in [2.24, 2.45) is 0 Å². The molecule has 0 atom stereocenters. The number of para-hydroxylation sites is 2. The van der Waals surface area contributed by atoms with Crippen LogP contribution in [-0.4, -0.2) is 24.8 Å². The lowest BCUT2D eigenvalue weighted by Crippen LogP contribution is -2.45. The molecular weight excluding hydrogens is 258 g/mol. The van der Waals surface area contributed by atoms with Crippen LogP contribution in [0.25, 0.3) is 0 Å². The van der Waals surface area contributed by atoms with Gasteiger partial charge in [-0.2, -0.15) is 0 Å². The maximum Gasteiger partial charge on any atom is 0.0557 e. The third-order valence-corrected chi connectivity index (χ3v) is 3.72. The number of anilines is 2. The molecule has 108 valence electrons. The molecule has 3 rings (SSSR count). The van der Waals surface area contributed by atoms with Crippen LogP contribution in [0.2, 0.25) is 0 Å². The molecule has 1 aliphatic rings. The molecule has 1 heterocycles. The Morgan fingerprint density at radius 2 is 1.29 bits per heavy atom. The van der Waals surface area contributed by atoms with Crippen molar-refractivity contribution in [1.82, 2.24) is 5.12 Å². The molecule has 3 heteroatoms. The lowest BCUT2D eigenvalue weighted by atomic mass is 10.3. The summed E-state index contributed by atoms with van der Waals surface area (Å²) in [6.45, 7) is 6.78. The first-order valence-corrected chi connectivity index (χ1v) is 7.43. The van der Waals surface area contributed by atoms with Gasteiger partial charge >= 0.3 is 0 Å². The third kappa shape index (κ3) is 2.93. The number of hydrogen-bond donors (Lipinski definition) is 0. The van der Waals surface area contributed by atoms with Gasteiger partial charge in [-0.05, 0) is 30.7 Å². The van der Waals surface area contributed by atoms with Crippen molar-refractivity contribution >= 4 is 11.4 Å². The Labute approximate surface area is 126 Å². The highest BCUT2D eigenvalue weighted by molar-refractivity contribution is 5.52. The number of hydrazine groups is 2. The average molecular weight is 279 g/mol. The van der Waals surface area contributed by atoms with E-state index in [2.05, 4.69) is 82.4 Å². The van der Waals surface area contributed by atoms with Crippen LogP contribution in [0.15, 0.2) is 73.3 Å². The van der Waals surface area contributed by atoms with Crippen LogP contribution in [0.5, 0.6) is 0 Å². The lowest BCUT2D eigenvalue weighted by molar-refractivity contribution is 0.291. The molecule has 0 radical (unpaired) electrons. The normalized spacial score (nSPS) is 15.4. The Hall–Kier alpha value is -2.26. The fraction of sp³-hybridized carbons (Fsp3) is 0.222. The molecule has 0 aliphatic carbocycles. The molecule has 0 N–H and O–H groups in total. The van der Waals surface area contributed by atoms with Gasteiger partial charge in [-0.3, -0.25) is 10.0 Å². The summed E-state index contributed by atoms with van der Waals surface area (Å²) in [4.78, 5) is 0. The van der Waals surface area contributed by atoms with E-state index < -0.39 is 0 Å². The minimum Gasteiger partial charge on any atom is -0.286 e. The van der Waals surface area contributed by atoms with Gasteiger partial charge in [-0.25, -0.2) is 0 Å². The Balaban J connectivity index is 1.87. The zero-order chi connectivity index (χ0) is 14.5. The predicted molar refractivity (Wildman–Crippen MR) is 89.1 cm³/mol. The van der Waals surface area contributed by atoms with Gasteiger partial charge in [0.25, 0.3) is 0 Å². The summed E-state index contributed by atoms with van der Waals surface area (Å²) in [5, 5.41) is 7.01. The second-order valence-electron chi connectivity index (χ2n) is 5.09. The molecule has 0 bridgehead atoms. The fourth-order valence-electron chi connectivity index (χ4n) is 2.72. The zero-order valence-electron chi connectivity index (χ0n) is 12.2. The Bertz CT molecular complexity index is 520. The Kier molecular flexibility index (Phi) is 4.22. The zero-order valence-corrected chi connectivity index (χ0v) is 12.2. The summed E-state index contributed by atoms with van der Waals surface area (Å²) in [7, 11) is 0. The molecule has 3 nitrogen and oxygen atoms in total. The van der Waals surface area contributed by atoms with Crippen LogP contribution in [-0.2, 0) is 0 Å². The van der Waals surface area contributed by atoms with Gasteiger partial charge in [-0.1, -0.05) is 42.5 Å². The first-order chi connectivity index (χ1) is 10.4. The van der Waals surface area contributed by atoms with Crippen LogP contribution >= 0.6 is 0 Å². The van der Waals surface area contributed by atoms with Crippen molar-refractivity contribution in [2.45, 2.75) is 6.42 Å². The highest BCUT2D eigenvalue weighted by Crippen LogP contribution is 2.27. The van der Waals surface area contributed by atoms with Crippen molar-refractivity contribution in [3.63, 3.8) is 0 Å². The van der Waals surface area contributed by atoms with Crippen molar-refractivity contribution in [3.8, 4) is 0 Å². The average Bonchev–Trinajstić information content (AvgIpc) is 2.98. The molecule has 2 aromatic carbocycles. The van der Waals surface area contributed by atoms with Gasteiger partial charge in [0.15, 0.2) is 0 Å². The lowest BCUT2D eigenvalue weighted by Gasteiger charge is -2.35. The van der Waals surface area contributed by atoms with E-state index in [0.717, 1.165) is 26.1 Å². The van der Waals surface area contributed by atoms with Gasteiger partial charge < -0.3 is 0 Å². The topological polar surface area (TPSA) is 9.72 Å². The second-order valence-corrected chi connectivity index (χ2v) is 5.09. The van der Waals surface area contributed by atoms with Crippen LogP contribution in [0.1, 0.15) is 6.42 Å². The van der Waals surface area contributed by atoms with Gasteiger partial charge in [0, 0.05) is 6.54 Å². The SMILES string of the molecule is C=CCCN1N(c2ccccc2)CCN1c1ccccc1. The standard InChI is InChI=1S/C18H21N3/c1-2-3-14-21-19(17-10-6-4-7-11-17)15-16-20(21)18-12-8-5-9-13-18/h2,4-13H,1,3,14-16H2. The maximum absolute atomic E-state index is 3.85. The number of rotatable bonds is 5. The van der Waals surface area contributed by atoms with E-state index in [1.807, 2.05) is 6.08 Å². The number of nitrogens with zero attached hydrogens (tertiary/aromatic N) is 3. The molecular formula is C18H21N3. The van der Waals surface area contributed by atoms with E-state index in [0.29, 0.717) is 0 Å². The van der Waals surface area contributed by atoms with Gasteiger partial charge in [-0.15, -0.1) is 11.7 Å². The summed E-state index contributed by atoms with van der Waals surface area (Å²) in [5.41, 5.74) is 2.47. The molecule has 1 saturated heterocycles. The molecule has 0 amide bonds. The summed E-state index contributed by atoms with van der Waals surface area (Å²) in [6, 6.07) is 21.1. The van der Waals surface area contributed by atoms with Gasteiger partial charge in [0.05, 0.1) is 24.5 Å². The smallest absolute Gasteiger partial charge is 0.0557 e. The monoisotopic (exact) mass is 279 g/mol. The predicted octanol–water partition coefficient (Wildman–Crippen LogP) is 3.72. The fourth-order valence-corrected chi connectivity index (χ4v) is 2.72. The van der Waals surface area contributed by atoms with Gasteiger partial charge in [0.2, 0.25) is 0 Å². The van der Waals surface area contributed by atoms with Crippen molar-refractivity contribution in [2.75, 3.05) is 29.7 Å². The van der Waals surface area contributed by atoms with E-state index in [9.17, 15) is 0 Å². The van der Waals surface area contributed by atoms with Gasteiger partial charge in [0.1, 0.15) is 0 Å². The third-order valence-electron chi connectivity index (χ3n) is 3.72. The highest BCUT2D eigenvalue weighted by Gasteiger charge is 2.29. The van der Waals surface area contributed by atoms with E-state index in [4.69, 9.17) is 0 Å². The molecule has 0 spiro atoms. The van der Waals surface area contributed by atoms with Crippen molar-refractivity contribution in [3.05, 3.63) is 73.3 Å². The van der Waals surface area contributed by atoms with Crippen molar-refractivity contribution in [1.29, 1.82) is 0 Å². The summed E-state index contributed by atoms with van der Waals surface area (Å²) in [6.07, 6.45) is 2.94. The van der Waals surface area contributed by atoms with Crippen LogP contribution in [0.3, 0.4) is 0 Å². The molecule has 0 aromatic heterocycles. The first kappa shape index (κ1) is 13.7. The van der Waals surface area contributed by atoms with Crippen LogP contribution in [0.4, 0.5) is 11.4 Å². The summed E-state index contributed by atoms with van der Waals surface area (Å²) < 4.78 is 0. The van der Waals surface area contributed by atoms with E-state index in [1.54, 1.807) is 0 Å². The second kappa shape index (κ2) is 6.46. The largest absolute Gasteiger partial charge is 0.286 e. The maximum atomic E-state index is 3.85. The molecule has 0 saturated carbocycles. The molecule has 1 aliphatic heterocycles. The quantitative estimate of drug-likeness (QED) is 0.772. The minimum absolute atomic E-state index is 0.938. The van der Waals surface area contributed by atoms with Crippen molar-refractivity contribution < 1.29 is 0 Å². The van der Waals surface area contributed by atoms with E-state index in [-0.39, 0.29) is 0 Å². The van der Waals surface area contributed by atoms with E-state index in [1.165, 1.54) is 11.4 Å². The first-order valence-electron chi connectivity index (χ1n) is 7.43. The van der Waals surface area contributed by atoms with E-state index >= 15 is 0 Å². The Morgan fingerprint density at radius 1 is 0.810 bits per heavy atom. The number of benzene rings is 2. The molecule has 21 heavy (non-hydrogen) atoms. The van der Waals surface area contributed by atoms with Crippen LogP contribution < -0.4 is 10.0 Å². The highest BCUT2D eigenvalue weighted by atomic mass is 15.9.